The number of nitrogens with zero attached hydrogens (tertiary/aromatic N) is 1. The predicted molar refractivity (Wildman–Crippen MR) is 88.8 cm³/mol. The average molecular weight is 314 g/mol. The summed E-state index contributed by atoms with van der Waals surface area (Å²) in [6, 6.07) is 11.8. The van der Waals surface area contributed by atoms with Crippen molar-refractivity contribution in [1.82, 2.24) is 10.2 Å². The van der Waals surface area contributed by atoms with Crippen molar-refractivity contribution in [3.05, 3.63) is 75.5 Å². The van der Waals surface area contributed by atoms with Gasteiger partial charge in [0.1, 0.15) is 5.82 Å². The number of benzene rings is 2. The van der Waals surface area contributed by atoms with Crippen LogP contribution in [0.3, 0.4) is 0 Å². The number of H-pyrrole nitrogens is 1. The van der Waals surface area contributed by atoms with Gasteiger partial charge in [0.05, 0.1) is 17.7 Å². The first-order chi connectivity index (χ1) is 11.2. The van der Waals surface area contributed by atoms with E-state index in [-0.39, 0.29) is 17.7 Å². The summed E-state index contributed by atoms with van der Waals surface area (Å²) in [5.41, 5.74) is 1.55. The minimum absolute atomic E-state index is 0.232. The lowest BCUT2D eigenvalue weighted by Gasteiger charge is -2.07. The molecule has 2 aromatic carbocycles. The van der Waals surface area contributed by atoms with Crippen LogP contribution in [0.2, 0.25) is 0 Å². The molecule has 0 unspecified atom stereocenters. The molecule has 120 valence electrons. The van der Waals surface area contributed by atoms with Gasteiger partial charge in [0.25, 0.3) is 5.56 Å². The van der Waals surface area contributed by atoms with E-state index < -0.39 is 5.82 Å². The molecule has 0 saturated heterocycles. The zero-order valence-electron chi connectivity index (χ0n) is 13.1. The van der Waals surface area contributed by atoms with Crippen LogP contribution in [0, 0.1) is 5.82 Å². The molecule has 1 heterocycles. The van der Waals surface area contributed by atoms with E-state index in [0.29, 0.717) is 17.5 Å². The zero-order chi connectivity index (χ0) is 16.8. The Bertz CT molecular complexity index is 859. The Morgan fingerprint density at radius 1 is 1.13 bits per heavy atom. The summed E-state index contributed by atoms with van der Waals surface area (Å²) in [5, 5.41) is 17.0. The molecule has 3 aromatic rings. The van der Waals surface area contributed by atoms with Crippen molar-refractivity contribution in [3.63, 3.8) is 0 Å². The Labute approximate surface area is 133 Å². The highest BCUT2D eigenvalue weighted by atomic mass is 19.1. The van der Waals surface area contributed by atoms with Gasteiger partial charge in [-0.3, -0.25) is 4.79 Å². The maximum absolute atomic E-state index is 13.4. The van der Waals surface area contributed by atoms with E-state index in [9.17, 15) is 9.18 Å². The Balaban J connectivity index is 0.000000924. The summed E-state index contributed by atoms with van der Waals surface area (Å²) in [7, 11) is 0. The molecule has 2 N–H and O–H groups in total. The molecule has 0 saturated carbocycles. The maximum Gasteiger partial charge on any atom is 0.272 e. The van der Waals surface area contributed by atoms with Gasteiger partial charge in [-0.05, 0) is 17.7 Å². The van der Waals surface area contributed by atoms with E-state index in [4.69, 9.17) is 5.11 Å². The third kappa shape index (κ3) is 3.63. The van der Waals surface area contributed by atoms with Gasteiger partial charge in [-0.15, -0.1) is 0 Å². The Hall–Kier alpha value is -2.53. The lowest BCUT2D eigenvalue weighted by atomic mass is 10.0. The first-order valence-electron chi connectivity index (χ1n) is 7.53. The Kier molecular flexibility index (Phi) is 5.60. The Morgan fingerprint density at radius 3 is 2.52 bits per heavy atom. The number of fused-ring (bicyclic) bond motifs is 1. The van der Waals surface area contributed by atoms with Crippen LogP contribution in [-0.2, 0) is 13.0 Å². The number of aliphatic hydroxyl groups is 1. The van der Waals surface area contributed by atoms with Gasteiger partial charge < -0.3 is 5.11 Å². The van der Waals surface area contributed by atoms with Crippen LogP contribution in [0.25, 0.3) is 10.8 Å². The van der Waals surface area contributed by atoms with Crippen molar-refractivity contribution in [1.29, 1.82) is 0 Å². The number of aliphatic hydroxyl groups excluding tert-OH is 1. The fraction of sp³-hybridized carbons (Fsp3) is 0.222. The topological polar surface area (TPSA) is 66.0 Å². The van der Waals surface area contributed by atoms with E-state index >= 15 is 0 Å². The van der Waals surface area contributed by atoms with Crippen molar-refractivity contribution in [2.75, 3.05) is 0 Å². The van der Waals surface area contributed by atoms with E-state index in [0.717, 1.165) is 10.9 Å². The number of aromatic amines is 1. The van der Waals surface area contributed by atoms with Crippen molar-refractivity contribution in [2.24, 2.45) is 0 Å². The van der Waals surface area contributed by atoms with E-state index in [1.807, 2.05) is 26.0 Å². The molecule has 3 rings (SSSR count). The second-order valence-electron chi connectivity index (χ2n) is 4.81. The van der Waals surface area contributed by atoms with E-state index in [1.54, 1.807) is 24.3 Å². The smallest absolute Gasteiger partial charge is 0.272 e. The number of aromatic nitrogens is 2. The number of hydrogen-bond acceptors (Lipinski definition) is 3. The molecule has 0 aliphatic carbocycles. The largest absolute Gasteiger partial charge is 0.392 e. The van der Waals surface area contributed by atoms with Gasteiger partial charge in [0, 0.05) is 17.4 Å². The quantitative estimate of drug-likeness (QED) is 0.780. The first-order valence-corrected chi connectivity index (χ1v) is 7.53. The van der Waals surface area contributed by atoms with Gasteiger partial charge in [0.2, 0.25) is 0 Å². The second-order valence-corrected chi connectivity index (χ2v) is 4.81. The summed E-state index contributed by atoms with van der Waals surface area (Å²) < 4.78 is 13.4. The fourth-order valence-corrected chi connectivity index (χ4v) is 2.36. The third-order valence-electron chi connectivity index (χ3n) is 3.43. The minimum atomic E-state index is -0.430. The molecule has 23 heavy (non-hydrogen) atoms. The molecule has 0 atom stereocenters. The van der Waals surface area contributed by atoms with Crippen molar-refractivity contribution < 1.29 is 9.50 Å². The van der Waals surface area contributed by atoms with Crippen molar-refractivity contribution in [2.45, 2.75) is 26.9 Å². The fourth-order valence-electron chi connectivity index (χ4n) is 2.36. The van der Waals surface area contributed by atoms with Crippen LogP contribution in [-0.4, -0.2) is 15.3 Å². The lowest BCUT2D eigenvalue weighted by molar-refractivity contribution is 0.275. The molecule has 4 nitrogen and oxygen atoms in total. The van der Waals surface area contributed by atoms with Gasteiger partial charge >= 0.3 is 0 Å². The molecule has 1 aromatic heterocycles. The normalized spacial score (nSPS) is 10.3. The Morgan fingerprint density at radius 2 is 1.83 bits per heavy atom. The van der Waals surface area contributed by atoms with Crippen molar-refractivity contribution in [3.8, 4) is 0 Å². The van der Waals surface area contributed by atoms with Gasteiger partial charge in [-0.25, -0.2) is 9.49 Å². The van der Waals surface area contributed by atoms with Gasteiger partial charge in [-0.2, -0.15) is 5.10 Å². The molecule has 0 bridgehead atoms. The van der Waals surface area contributed by atoms with Crippen LogP contribution in [0.15, 0.2) is 47.3 Å². The summed E-state index contributed by atoms with van der Waals surface area (Å²) in [6.07, 6.45) is 0.449. The van der Waals surface area contributed by atoms with Crippen LogP contribution >= 0.6 is 0 Å². The van der Waals surface area contributed by atoms with Crippen LogP contribution in [0.5, 0.6) is 0 Å². The SMILES string of the molecule is CC.O=c1[nH]nc(Cc2ccc(F)c(CO)c2)c2ccccc12. The van der Waals surface area contributed by atoms with E-state index in [1.165, 1.54) is 6.07 Å². The van der Waals surface area contributed by atoms with Crippen LogP contribution in [0.1, 0.15) is 30.7 Å². The number of hydrogen-bond donors (Lipinski definition) is 2. The predicted octanol–water partition coefficient (Wildman–Crippen LogP) is 3.17. The summed E-state index contributed by atoms with van der Waals surface area (Å²) >= 11 is 0. The zero-order valence-corrected chi connectivity index (χ0v) is 13.1. The highest BCUT2D eigenvalue weighted by Gasteiger charge is 2.08. The summed E-state index contributed by atoms with van der Waals surface area (Å²) in [5.74, 6) is -0.430. The molecular weight excluding hydrogens is 295 g/mol. The monoisotopic (exact) mass is 314 g/mol. The highest BCUT2D eigenvalue weighted by molar-refractivity contribution is 5.83. The standard InChI is InChI=1S/C16H13FN2O2.C2H6/c17-14-6-5-10(7-11(14)9-20)8-15-12-3-1-2-4-13(12)16(21)19-18-15;1-2/h1-7,20H,8-9H2,(H,19,21);1-2H3. The maximum atomic E-state index is 13.4. The molecule has 5 heteroatoms. The first kappa shape index (κ1) is 16.8. The molecule has 0 aliphatic heterocycles. The summed E-state index contributed by atoms with van der Waals surface area (Å²) in [6.45, 7) is 3.65. The highest BCUT2D eigenvalue weighted by Crippen LogP contribution is 2.18. The molecule has 0 fully saturated rings. The van der Waals surface area contributed by atoms with Crippen LogP contribution in [0.4, 0.5) is 4.39 Å². The van der Waals surface area contributed by atoms with Crippen molar-refractivity contribution >= 4 is 10.8 Å². The third-order valence-corrected chi connectivity index (χ3v) is 3.43. The lowest BCUT2D eigenvalue weighted by Crippen LogP contribution is -2.11. The minimum Gasteiger partial charge on any atom is -0.392 e. The molecule has 0 radical (unpaired) electrons. The summed E-state index contributed by atoms with van der Waals surface area (Å²) in [4.78, 5) is 11.7. The molecule has 0 aliphatic rings. The second kappa shape index (κ2) is 7.65. The molecular formula is C18H19FN2O2. The number of nitrogens with one attached hydrogen (secondary N) is 1. The average Bonchev–Trinajstić information content (AvgIpc) is 2.61. The van der Waals surface area contributed by atoms with Crippen LogP contribution < -0.4 is 5.56 Å². The van der Waals surface area contributed by atoms with E-state index in [2.05, 4.69) is 10.2 Å². The molecule has 0 spiro atoms. The number of rotatable bonds is 3. The van der Waals surface area contributed by atoms with Gasteiger partial charge in [-0.1, -0.05) is 44.2 Å². The number of halogens is 1. The molecule has 0 amide bonds. The van der Waals surface area contributed by atoms with Gasteiger partial charge in [0.15, 0.2) is 0 Å².